The number of halogens is 2. The van der Waals surface area contributed by atoms with Gasteiger partial charge in [0.1, 0.15) is 17.4 Å². The zero-order valence-corrected chi connectivity index (χ0v) is 19.5. The summed E-state index contributed by atoms with van der Waals surface area (Å²) >= 11 is 0. The Kier molecular flexibility index (Phi) is 11.2. The van der Waals surface area contributed by atoms with E-state index < -0.39 is 24.6 Å². The molecule has 1 aromatic heterocycles. The molecule has 178 valence electrons. The van der Waals surface area contributed by atoms with Gasteiger partial charge in [-0.3, -0.25) is 4.98 Å². The molecule has 0 atom stereocenters. The number of hydrogen-bond donors (Lipinski definition) is 0. The van der Waals surface area contributed by atoms with Crippen molar-refractivity contribution in [1.29, 1.82) is 0 Å². The molecule has 0 fully saturated rings. The fourth-order valence-corrected chi connectivity index (χ4v) is 3.80. The summed E-state index contributed by atoms with van der Waals surface area (Å²) in [6.45, 7) is 5.42. The van der Waals surface area contributed by atoms with Gasteiger partial charge in [-0.15, -0.1) is 0 Å². The summed E-state index contributed by atoms with van der Waals surface area (Å²) in [5.74, 6) is -1.22. The molecule has 0 unspecified atom stereocenters. The molecule has 0 saturated heterocycles. The first-order valence-electron chi connectivity index (χ1n) is 11.7. The summed E-state index contributed by atoms with van der Waals surface area (Å²) < 4.78 is 43.7. The van der Waals surface area contributed by atoms with E-state index in [1.165, 1.54) is 44.6 Å². The minimum absolute atomic E-state index is 0.0929. The van der Waals surface area contributed by atoms with E-state index in [-0.39, 0.29) is 23.3 Å². The van der Waals surface area contributed by atoms with Crippen molar-refractivity contribution in [2.24, 2.45) is 0 Å². The number of hydrogen-bond acceptors (Lipinski definition) is 5. The average Bonchev–Trinajstić information content (AvgIpc) is 2.73. The van der Waals surface area contributed by atoms with Crippen LogP contribution in [0.3, 0.4) is 0 Å². The molecule has 7 heteroatoms. The maximum Gasteiger partial charge on any atom is 0.511 e. The van der Waals surface area contributed by atoms with Crippen LogP contribution in [0.5, 0.6) is 5.75 Å². The van der Waals surface area contributed by atoms with E-state index in [0.29, 0.717) is 12.1 Å². The topological polar surface area (TPSA) is 57.7 Å². The van der Waals surface area contributed by atoms with Crippen LogP contribution in [0.2, 0.25) is 0 Å². The molecule has 0 saturated carbocycles. The van der Waals surface area contributed by atoms with Crippen LogP contribution in [0.25, 0.3) is 10.9 Å². The third-order valence-corrected chi connectivity index (χ3v) is 5.43. The summed E-state index contributed by atoms with van der Waals surface area (Å²) in [6.07, 6.45) is 10.5. The Labute approximate surface area is 189 Å². The van der Waals surface area contributed by atoms with Gasteiger partial charge in [-0.25, -0.2) is 13.6 Å². The number of unbranched alkanes of at least 4 members (excludes halogenated alkanes) is 8. The first-order valence-corrected chi connectivity index (χ1v) is 11.7. The lowest BCUT2D eigenvalue weighted by Crippen LogP contribution is -2.13. The van der Waals surface area contributed by atoms with Crippen molar-refractivity contribution < 1.29 is 27.8 Å². The number of carbonyl (C=O) groups is 1. The second-order valence-corrected chi connectivity index (χ2v) is 7.95. The fourth-order valence-electron chi connectivity index (χ4n) is 3.80. The van der Waals surface area contributed by atoms with Crippen molar-refractivity contribution in [3.63, 3.8) is 0 Å². The third-order valence-electron chi connectivity index (χ3n) is 5.43. The molecule has 32 heavy (non-hydrogen) atoms. The molecule has 0 spiro atoms. The van der Waals surface area contributed by atoms with E-state index in [1.54, 1.807) is 13.8 Å². The monoisotopic (exact) mass is 451 g/mol. The van der Waals surface area contributed by atoms with Gasteiger partial charge in [-0.1, -0.05) is 58.3 Å². The lowest BCUT2D eigenvalue weighted by molar-refractivity contribution is 0.00700. The van der Waals surface area contributed by atoms with Gasteiger partial charge in [0, 0.05) is 23.4 Å². The highest BCUT2D eigenvalue weighted by atomic mass is 19.1. The summed E-state index contributed by atoms with van der Waals surface area (Å²) in [6, 6.07) is 1.98. The van der Waals surface area contributed by atoms with Gasteiger partial charge >= 0.3 is 6.16 Å². The van der Waals surface area contributed by atoms with Crippen molar-refractivity contribution in [2.75, 3.05) is 13.4 Å². The number of carbonyl (C=O) groups excluding carboxylic acids is 1. The Bertz CT molecular complexity index is 873. The van der Waals surface area contributed by atoms with Crippen LogP contribution in [0.15, 0.2) is 12.1 Å². The van der Waals surface area contributed by atoms with Crippen LogP contribution in [0.4, 0.5) is 13.6 Å². The summed E-state index contributed by atoms with van der Waals surface area (Å²) in [4.78, 5) is 15.9. The van der Waals surface area contributed by atoms with E-state index in [1.807, 2.05) is 0 Å². The Morgan fingerprint density at radius 3 is 2.25 bits per heavy atom. The number of benzene rings is 1. The summed E-state index contributed by atoms with van der Waals surface area (Å²) in [5.41, 5.74) is 1.56. The number of aromatic nitrogens is 1. The quantitative estimate of drug-likeness (QED) is 0.170. The lowest BCUT2D eigenvalue weighted by Gasteiger charge is -2.17. The second kappa shape index (κ2) is 13.9. The molecule has 0 radical (unpaired) electrons. The standard InChI is InChI=1S/C25H35F2NO4/c1-4-6-7-8-9-10-11-12-13-14-20-18(3)28-22-16-19(26)15-21(27)23(22)24(20)31-17-32-25(29)30-5-2/h15-16H,4-14,17H2,1-3H3. The van der Waals surface area contributed by atoms with Crippen molar-refractivity contribution in [3.8, 4) is 5.75 Å². The van der Waals surface area contributed by atoms with Gasteiger partial charge in [-0.05, 0) is 26.7 Å². The Hall–Kier alpha value is -2.44. The van der Waals surface area contributed by atoms with Gasteiger partial charge < -0.3 is 14.2 Å². The first kappa shape index (κ1) is 25.8. The van der Waals surface area contributed by atoms with Gasteiger partial charge in [0.25, 0.3) is 0 Å². The second-order valence-electron chi connectivity index (χ2n) is 7.95. The summed E-state index contributed by atoms with van der Waals surface area (Å²) in [7, 11) is 0. The molecular weight excluding hydrogens is 416 g/mol. The number of fused-ring (bicyclic) bond motifs is 1. The van der Waals surface area contributed by atoms with Crippen LogP contribution in [0.1, 0.15) is 82.9 Å². The average molecular weight is 452 g/mol. The Balaban J connectivity index is 2.07. The molecule has 1 heterocycles. The molecule has 5 nitrogen and oxygen atoms in total. The zero-order chi connectivity index (χ0) is 23.3. The molecule has 2 rings (SSSR count). The predicted octanol–water partition coefficient (Wildman–Crippen LogP) is 7.40. The van der Waals surface area contributed by atoms with Crippen LogP contribution in [-0.2, 0) is 15.9 Å². The van der Waals surface area contributed by atoms with Crippen LogP contribution < -0.4 is 4.74 Å². The largest absolute Gasteiger partial charge is 0.511 e. The van der Waals surface area contributed by atoms with E-state index in [0.717, 1.165) is 30.9 Å². The number of nitrogens with zero attached hydrogens (tertiary/aromatic N) is 1. The number of rotatable bonds is 14. The molecule has 1 aromatic carbocycles. The molecule has 0 N–H and O–H groups in total. The smallest absolute Gasteiger partial charge is 0.456 e. The van der Waals surface area contributed by atoms with Gasteiger partial charge in [0.05, 0.1) is 17.5 Å². The predicted molar refractivity (Wildman–Crippen MR) is 121 cm³/mol. The first-order chi connectivity index (χ1) is 15.5. The highest BCUT2D eigenvalue weighted by molar-refractivity contribution is 5.87. The van der Waals surface area contributed by atoms with E-state index in [9.17, 15) is 13.6 Å². The van der Waals surface area contributed by atoms with Crippen molar-refractivity contribution >= 4 is 17.1 Å². The highest BCUT2D eigenvalue weighted by Gasteiger charge is 2.19. The number of ether oxygens (including phenoxy) is 3. The lowest BCUT2D eigenvalue weighted by atomic mass is 10.00. The molecule has 0 bridgehead atoms. The van der Waals surface area contributed by atoms with Crippen molar-refractivity contribution in [3.05, 3.63) is 35.0 Å². The van der Waals surface area contributed by atoms with Gasteiger partial charge in [0.15, 0.2) is 0 Å². The summed E-state index contributed by atoms with van der Waals surface area (Å²) in [5, 5.41) is 0.0929. The molecule has 2 aromatic rings. The third kappa shape index (κ3) is 7.92. The maximum atomic E-state index is 14.6. The molecule has 0 aliphatic carbocycles. The molecule has 0 aliphatic rings. The Morgan fingerprint density at radius 1 is 0.938 bits per heavy atom. The van der Waals surface area contributed by atoms with Crippen molar-refractivity contribution in [1.82, 2.24) is 4.98 Å². The molecule has 0 amide bonds. The van der Waals surface area contributed by atoms with Crippen molar-refractivity contribution in [2.45, 2.75) is 85.0 Å². The van der Waals surface area contributed by atoms with E-state index in [4.69, 9.17) is 14.2 Å². The van der Waals surface area contributed by atoms with E-state index in [2.05, 4.69) is 11.9 Å². The number of aryl methyl sites for hydroxylation is 1. The Morgan fingerprint density at radius 2 is 1.59 bits per heavy atom. The normalized spacial score (nSPS) is 11.0. The van der Waals surface area contributed by atoms with Crippen LogP contribution in [0, 0.1) is 18.6 Å². The maximum absolute atomic E-state index is 14.6. The van der Waals surface area contributed by atoms with Gasteiger partial charge in [-0.2, -0.15) is 0 Å². The zero-order valence-electron chi connectivity index (χ0n) is 19.5. The van der Waals surface area contributed by atoms with E-state index >= 15 is 0 Å². The minimum atomic E-state index is -0.866. The number of pyridine rings is 1. The minimum Gasteiger partial charge on any atom is -0.456 e. The molecular formula is C25H35F2NO4. The highest BCUT2D eigenvalue weighted by Crippen LogP contribution is 2.34. The fraction of sp³-hybridized carbons (Fsp3) is 0.600. The van der Waals surface area contributed by atoms with Crippen LogP contribution in [-0.4, -0.2) is 24.5 Å². The molecule has 0 aliphatic heterocycles. The SMILES string of the molecule is CCCCCCCCCCCc1c(C)nc2cc(F)cc(F)c2c1OCOC(=O)OCC. The van der Waals surface area contributed by atoms with Gasteiger partial charge in [0.2, 0.25) is 6.79 Å². The van der Waals surface area contributed by atoms with Crippen LogP contribution >= 0.6 is 0 Å².